The summed E-state index contributed by atoms with van der Waals surface area (Å²) in [6.07, 6.45) is 9.12. The maximum absolute atomic E-state index is 12.5. The van der Waals surface area contributed by atoms with Gasteiger partial charge in [0.1, 0.15) is 0 Å². The summed E-state index contributed by atoms with van der Waals surface area (Å²) in [6, 6.07) is 7.65. The Morgan fingerprint density at radius 1 is 1.18 bits per heavy atom. The van der Waals surface area contributed by atoms with E-state index in [1.165, 1.54) is 19.3 Å². The predicted octanol–water partition coefficient (Wildman–Crippen LogP) is 3.60. The number of hydrogen-bond donors (Lipinski definition) is 4. The van der Waals surface area contributed by atoms with Gasteiger partial charge < -0.3 is 25.8 Å². The number of carbonyl (C=O) groups is 1. The summed E-state index contributed by atoms with van der Waals surface area (Å²) < 4.78 is 5.58. The molecule has 33 heavy (non-hydrogen) atoms. The smallest absolute Gasteiger partial charge is 0.251 e. The van der Waals surface area contributed by atoms with E-state index in [9.17, 15) is 9.90 Å². The van der Waals surface area contributed by atoms with Crippen LogP contribution in [0.2, 0.25) is 0 Å². The summed E-state index contributed by atoms with van der Waals surface area (Å²) in [4.78, 5) is 17.3. The fraction of sp³-hybridized carbons (Fsp3) is 0.680. The van der Waals surface area contributed by atoms with Crippen LogP contribution < -0.4 is 16.0 Å². The Bertz CT molecular complexity index is 741. The van der Waals surface area contributed by atoms with E-state index in [0.29, 0.717) is 18.7 Å². The molecule has 0 radical (unpaired) electrons. The van der Waals surface area contributed by atoms with Gasteiger partial charge in [0.2, 0.25) is 0 Å². The molecular formula is C25H41IN4O3. The van der Waals surface area contributed by atoms with Gasteiger partial charge in [-0.2, -0.15) is 0 Å². The number of halogens is 1. The van der Waals surface area contributed by atoms with Gasteiger partial charge in [0.25, 0.3) is 5.91 Å². The molecule has 1 aliphatic heterocycles. The molecule has 1 aromatic carbocycles. The Labute approximate surface area is 215 Å². The average Bonchev–Trinajstić information content (AvgIpc) is 3.34. The number of guanidine groups is 1. The molecule has 0 aromatic heterocycles. The van der Waals surface area contributed by atoms with Crippen molar-refractivity contribution >= 4 is 35.8 Å². The third kappa shape index (κ3) is 9.05. The molecule has 1 aliphatic carbocycles. The molecule has 2 aliphatic rings. The molecule has 1 aromatic rings. The lowest BCUT2D eigenvalue weighted by Crippen LogP contribution is -2.44. The highest BCUT2D eigenvalue weighted by Crippen LogP contribution is 2.38. The van der Waals surface area contributed by atoms with Crippen LogP contribution in [0.5, 0.6) is 0 Å². The fourth-order valence-electron chi connectivity index (χ4n) is 4.76. The molecule has 7 nitrogen and oxygen atoms in total. The number of benzene rings is 1. The summed E-state index contributed by atoms with van der Waals surface area (Å²) in [5, 5.41) is 19.4. The van der Waals surface area contributed by atoms with Crippen LogP contribution in [0.4, 0.5) is 0 Å². The number of nitrogens with zero attached hydrogens (tertiary/aromatic N) is 1. The minimum Gasteiger partial charge on any atom is -0.396 e. The topological polar surface area (TPSA) is 95.0 Å². The normalized spacial score (nSPS) is 20.1. The Hall–Kier alpha value is -1.39. The molecule has 2 fully saturated rings. The molecule has 1 atom stereocenters. The van der Waals surface area contributed by atoms with Crippen LogP contribution in [0.25, 0.3) is 0 Å². The molecule has 8 heteroatoms. The van der Waals surface area contributed by atoms with Crippen molar-refractivity contribution in [2.24, 2.45) is 10.4 Å². The van der Waals surface area contributed by atoms with E-state index in [1.54, 1.807) is 0 Å². The second-order valence-corrected chi connectivity index (χ2v) is 9.13. The summed E-state index contributed by atoms with van der Waals surface area (Å²) >= 11 is 0. The number of nitrogens with one attached hydrogen (secondary N) is 3. The number of ether oxygens (including phenoxy) is 1. The minimum atomic E-state index is -0.0698. The van der Waals surface area contributed by atoms with Gasteiger partial charge in [0.15, 0.2) is 5.96 Å². The third-order valence-electron chi connectivity index (χ3n) is 6.65. The summed E-state index contributed by atoms with van der Waals surface area (Å²) in [7, 11) is 0. The standard InChI is InChI=1S/C25H40N4O3.HI/c1-2-26-24(29-19-25(13-14-30)11-4-3-5-12-25)28-17-20-8-6-9-21(16-20)23(31)27-18-22-10-7-15-32-22;/h6,8-9,16,22,30H,2-5,7,10-15,17-19H2,1H3,(H,27,31)(H2,26,28,29);1H. The van der Waals surface area contributed by atoms with Crippen molar-refractivity contribution in [2.45, 2.75) is 70.9 Å². The quantitative estimate of drug-likeness (QED) is 0.195. The van der Waals surface area contributed by atoms with Gasteiger partial charge >= 0.3 is 0 Å². The Balaban J connectivity index is 0.00000385. The van der Waals surface area contributed by atoms with Crippen LogP contribution in [0.1, 0.15) is 74.2 Å². The number of rotatable bonds is 10. The van der Waals surface area contributed by atoms with Crippen molar-refractivity contribution in [1.82, 2.24) is 16.0 Å². The number of aliphatic imine (C=N–C) groups is 1. The molecule has 1 saturated heterocycles. The van der Waals surface area contributed by atoms with Crippen LogP contribution >= 0.6 is 24.0 Å². The monoisotopic (exact) mass is 572 g/mol. The maximum atomic E-state index is 12.5. The van der Waals surface area contributed by atoms with Gasteiger partial charge in [-0.3, -0.25) is 4.79 Å². The zero-order valence-corrected chi connectivity index (χ0v) is 22.2. The lowest BCUT2D eigenvalue weighted by atomic mass is 9.72. The zero-order chi connectivity index (χ0) is 22.7. The van der Waals surface area contributed by atoms with E-state index in [-0.39, 0.29) is 48.0 Å². The van der Waals surface area contributed by atoms with E-state index in [2.05, 4.69) is 22.9 Å². The number of hydrogen-bond acceptors (Lipinski definition) is 4. The van der Waals surface area contributed by atoms with Gasteiger partial charge in [-0.25, -0.2) is 4.99 Å². The molecule has 4 N–H and O–H groups in total. The van der Waals surface area contributed by atoms with Crippen molar-refractivity contribution in [3.8, 4) is 0 Å². The Kier molecular flexibility index (Phi) is 12.5. The third-order valence-corrected chi connectivity index (χ3v) is 6.65. The predicted molar refractivity (Wildman–Crippen MR) is 143 cm³/mol. The number of carbonyl (C=O) groups excluding carboxylic acids is 1. The van der Waals surface area contributed by atoms with Gasteiger partial charge in [0.05, 0.1) is 12.6 Å². The highest BCUT2D eigenvalue weighted by Gasteiger charge is 2.31. The second kappa shape index (κ2) is 14.8. The average molecular weight is 573 g/mol. The molecule has 1 heterocycles. The van der Waals surface area contributed by atoms with Crippen molar-refractivity contribution in [3.63, 3.8) is 0 Å². The molecular weight excluding hydrogens is 531 g/mol. The Morgan fingerprint density at radius 2 is 2.00 bits per heavy atom. The first-order valence-electron chi connectivity index (χ1n) is 12.3. The largest absolute Gasteiger partial charge is 0.396 e. The highest BCUT2D eigenvalue weighted by molar-refractivity contribution is 14.0. The van der Waals surface area contributed by atoms with Gasteiger partial charge in [-0.15, -0.1) is 24.0 Å². The van der Waals surface area contributed by atoms with Crippen LogP contribution in [0.3, 0.4) is 0 Å². The van der Waals surface area contributed by atoms with Crippen LogP contribution in [0.15, 0.2) is 29.3 Å². The molecule has 0 spiro atoms. The second-order valence-electron chi connectivity index (χ2n) is 9.13. The van der Waals surface area contributed by atoms with Gasteiger partial charge in [-0.05, 0) is 62.1 Å². The first-order valence-corrected chi connectivity index (χ1v) is 12.3. The van der Waals surface area contributed by atoms with E-state index >= 15 is 0 Å². The molecule has 0 bridgehead atoms. The van der Waals surface area contributed by atoms with Crippen LogP contribution in [0, 0.1) is 5.41 Å². The minimum absolute atomic E-state index is 0. The lowest BCUT2D eigenvalue weighted by molar-refractivity contribution is 0.0857. The highest BCUT2D eigenvalue weighted by atomic mass is 127. The van der Waals surface area contributed by atoms with E-state index in [0.717, 1.165) is 63.3 Å². The van der Waals surface area contributed by atoms with E-state index in [4.69, 9.17) is 9.73 Å². The number of amides is 1. The zero-order valence-electron chi connectivity index (χ0n) is 19.9. The first kappa shape index (κ1) is 27.9. The number of aliphatic hydroxyl groups excluding tert-OH is 1. The molecule has 1 saturated carbocycles. The maximum Gasteiger partial charge on any atom is 0.251 e. The van der Waals surface area contributed by atoms with Crippen molar-refractivity contribution in [3.05, 3.63) is 35.4 Å². The molecule has 1 unspecified atom stereocenters. The first-order chi connectivity index (χ1) is 15.6. The fourth-order valence-corrected chi connectivity index (χ4v) is 4.76. The van der Waals surface area contributed by atoms with Gasteiger partial charge in [-0.1, -0.05) is 31.4 Å². The SMILES string of the molecule is CCNC(=NCc1cccc(C(=O)NCC2CCCO2)c1)NCC1(CCO)CCCCC1.I. The van der Waals surface area contributed by atoms with Crippen molar-refractivity contribution in [2.75, 3.05) is 32.8 Å². The summed E-state index contributed by atoms with van der Waals surface area (Å²) in [5.41, 5.74) is 1.80. The van der Waals surface area contributed by atoms with E-state index in [1.807, 2.05) is 24.3 Å². The summed E-state index contributed by atoms with van der Waals surface area (Å²) in [5.74, 6) is 0.711. The van der Waals surface area contributed by atoms with Gasteiger partial charge in [0, 0.05) is 38.4 Å². The lowest BCUT2D eigenvalue weighted by Gasteiger charge is -2.37. The van der Waals surface area contributed by atoms with Crippen molar-refractivity contribution in [1.29, 1.82) is 0 Å². The Morgan fingerprint density at radius 3 is 2.70 bits per heavy atom. The van der Waals surface area contributed by atoms with Crippen molar-refractivity contribution < 1.29 is 14.6 Å². The van der Waals surface area contributed by atoms with E-state index < -0.39 is 0 Å². The van der Waals surface area contributed by atoms with Crippen LogP contribution in [-0.2, 0) is 11.3 Å². The molecule has 186 valence electrons. The molecule has 3 rings (SSSR count). The molecule has 1 amide bonds. The summed E-state index contributed by atoms with van der Waals surface area (Å²) in [6.45, 7) is 5.74. The number of aliphatic hydroxyl groups is 1. The van der Waals surface area contributed by atoms with Crippen LogP contribution in [-0.4, -0.2) is 55.9 Å².